The predicted molar refractivity (Wildman–Crippen MR) is 89.1 cm³/mol. The molecule has 1 N–H and O–H groups in total. The number of likely N-dealkylation sites (tertiary alicyclic amines) is 1. The zero-order valence-corrected chi connectivity index (χ0v) is 14.7. The minimum Gasteiger partial charge on any atom is -0.345 e. The fourth-order valence-corrected chi connectivity index (χ4v) is 4.00. The van der Waals surface area contributed by atoms with Crippen LogP contribution in [-0.2, 0) is 4.79 Å². The first-order chi connectivity index (χ1) is 10.9. The van der Waals surface area contributed by atoms with Crippen molar-refractivity contribution in [1.82, 2.24) is 20.0 Å². The van der Waals surface area contributed by atoms with Crippen molar-refractivity contribution in [3.63, 3.8) is 0 Å². The van der Waals surface area contributed by atoms with Gasteiger partial charge in [0, 0.05) is 64.2 Å². The van der Waals surface area contributed by atoms with Crippen molar-refractivity contribution < 1.29 is 9.59 Å². The first kappa shape index (κ1) is 16.6. The molecule has 2 heterocycles. The van der Waals surface area contributed by atoms with E-state index in [-0.39, 0.29) is 23.4 Å². The van der Waals surface area contributed by atoms with E-state index < -0.39 is 0 Å². The number of nitrogens with one attached hydrogen (secondary N) is 1. The third-order valence-electron chi connectivity index (χ3n) is 5.21. The highest BCUT2D eigenvalue weighted by atomic mass is 16.2. The van der Waals surface area contributed by atoms with E-state index in [1.807, 2.05) is 30.7 Å². The first-order valence-electron chi connectivity index (χ1n) is 8.89. The van der Waals surface area contributed by atoms with E-state index in [1.54, 1.807) is 0 Å². The lowest BCUT2D eigenvalue weighted by Crippen LogP contribution is -2.48. The summed E-state index contributed by atoms with van der Waals surface area (Å²) in [5, 5.41) is 3.01. The Kier molecular flexibility index (Phi) is 4.54. The molecule has 23 heavy (non-hydrogen) atoms. The molecule has 1 saturated carbocycles. The minimum atomic E-state index is -0.106. The summed E-state index contributed by atoms with van der Waals surface area (Å²) in [6, 6.07) is 0.145. The van der Waals surface area contributed by atoms with Crippen molar-refractivity contribution in [2.24, 2.45) is 11.3 Å². The molecule has 1 aliphatic carbocycles. The lowest BCUT2D eigenvalue weighted by molar-refractivity contribution is -0.126. The molecule has 0 aromatic rings. The van der Waals surface area contributed by atoms with Crippen molar-refractivity contribution in [3.8, 4) is 0 Å². The predicted octanol–water partition coefficient (Wildman–Crippen LogP) is 0.981. The molecule has 130 valence electrons. The van der Waals surface area contributed by atoms with Crippen LogP contribution in [-0.4, -0.2) is 79.0 Å². The third-order valence-corrected chi connectivity index (χ3v) is 5.21. The van der Waals surface area contributed by atoms with Crippen LogP contribution >= 0.6 is 0 Å². The zero-order valence-electron chi connectivity index (χ0n) is 14.7. The van der Waals surface area contributed by atoms with Gasteiger partial charge in [-0.2, -0.15) is 0 Å². The van der Waals surface area contributed by atoms with Gasteiger partial charge in [-0.25, -0.2) is 4.79 Å². The molecule has 3 rings (SSSR count). The monoisotopic (exact) mass is 322 g/mol. The number of urea groups is 1. The molecule has 0 aromatic carbocycles. The van der Waals surface area contributed by atoms with Crippen LogP contribution in [0.15, 0.2) is 0 Å². The Bertz CT molecular complexity index is 477. The maximum absolute atomic E-state index is 12.5. The lowest BCUT2D eigenvalue weighted by atomic mass is 9.86. The molecule has 3 fully saturated rings. The van der Waals surface area contributed by atoms with E-state index in [0.29, 0.717) is 13.0 Å². The average Bonchev–Trinajstić information content (AvgIpc) is 3.22. The zero-order chi connectivity index (χ0) is 16.6. The van der Waals surface area contributed by atoms with Crippen molar-refractivity contribution in [2.45, 2.75) is 39.2 Å². The standard InChI is InChI=1S/C17H30N4O2/c1-13(2)18-16(23)21-7-6-20(9-14-4-5-14)11-17(12-21)8-15(22)19(3)10-17/h13-14H,4-12H2,1-3H3,(H,18,23)/t17-/m1/s1. The van der Waals surface area contributed by atoms with Crippen LogP contribution in [0.25, 0.3) is 0 Å². The van der Waals surface area contributed by atoms with Gasteiger partial charge in [-0.3, -0.25) is 4.79 Å². The molecule has 2 saturated heterocycles. The summed E-state index contributed by atoms with van der Waals surface area (Å²) in [6.07, 6.45) is 3.23. The molecule has 2 aliphatic heterocycles. The third kappa shape index (κ3) is 3.97. The van der Waals surface area contributed by atoms with Crippen LogP contribution in [0.3, 0.4) is 0 Å². The first-order valence-corrected chi connectivity index (χ1v) is 8.89. The molecule has 0 aromatic heterocycles. The van der Waals surface area contributed by atoms with Crippen molar-refractivity contribution in [1.29, 1.82) is 0 Å². The Labute approximate surface area is 139 Å². The van der Waals surface area contributed by atoms with Gasteiger partial charge < -0.3 is 20.0 Å². The second-order valence-corrected chi connectivity index (χ2v) is 8.13. The average molecular weight is 322 g/mol. The van der Waals surface area contributed by atoms with Crippen molar-refractivity contribution in [3.05, 3.63) is 0 Å². The number of rotatable bonds is 3. The number of hydrogen-bond donors (Lipinski definition) is 1. The molecule has 0 unspecified atom stereocenters. The summed E-state index contributed by atoms with van der Waals surface area (Å²) < 4.78 is 0. The molecule has 0 bridgehead atoms. The Morgan fingerprint density at radius 2 is 2.00 bits per heavy atom. The molecule has 1 atom stereocenters. The molecule has 0 radical (unpaired) electrons. The van der Waals surface area contributed by atoms with Crippen LogP contribution < -0.4 is 5.32 Å². The second kappa shape index (κ2) is 6.30. The molecule has 3 aliphatic rings. The van der Waals surface area contributed by atoms with Gasteiger partial charge in [0.1, 0.15) is 0 Å². The SMILES string of the molecule is CC(C)NC(=O)N1CCN(CC2CC2)C[C@]2(CC(=O)N(C)C2)C1. The minimum absolute atomic E-state index is 0.00893. The largest absolute Gasteiger partial charge is 0.345 e. The van der Waals surface area contributed by atoms with E-state index in [0.717, 1.165) is 38.6 Å². The summed E-state index contributed by atoms with van der Waals surface area (Å²) >= 11 is 0. The fourth-order valence-electron chi connectivity index (χ4n) is 4.00. The van der Waals surface area contributed by atoms with Gasteiger partial charge in [0.25, 0.3) is 0 Å². The second-order valence-electron chi connectivity index (χ2n) is 8.13. The van der Waals surface area contributed by atoms with Crippen LogP contribution in [0.4, 0.5) is 4.79 Å². The van der Waals surface area contributed by atoms with Gasteiger partial charge in [-0.15, -0.1) is 0 Å². The number of amides is 3. The van der Waals surface area contributed by atoms with E-state index in [1.165, 1.54) is 12.8 Å². The summed E-state index contributed by atoms with van der Waals surface area (Å²) in [4.78, 5) is 30.9. The number of nitrogens with zero attached hydrogens (tertiary/aromatic N) is 3. The summed E-state index contributed by atoms with van der Waals surface area (Å²) in [5.74, 6) is 1.04. The highest BCUT2D eigenvalue weighted by Crippen LogP contribution is 2.36. The van der Waals surface area contributed by atoms with Gasteiger partial charge in [0.2, 0.25) is 5.91 Å². The topological polar surface area (TPSA) is 55.9 Å². The van der Waals surface area contributed by atoms with E-state index >= 15 is 0 Å². The van der Waals surface area contributed by atoms with Crippen LogP contribution in [0.2, 0.25) is 0 Å². The molecular formula is C17H30N4O2. The highest BCUT2D eigenvalue weighted by Gasteiger charge is 2.46. The van der Waals surface area contributed by atoms with Gasteiger partial charge in [0.15, 0.2) is 0 Å². The maximum atomic E-state index is 12.5. The highest BCUT2D eigenvalue weighted by molar-refractivity contribution is 5.80. The van der Waals surface area contributed by atoms with Gasteiger partial charge in [-0.05, 0) is 32.6 Å². The quantitative estimate of drug-likeness (QED) is 0.843. The van der Waals surface area contributed by atoms with E-state index in [4.69, 9.17) is 0 Å². The van der Waals surface area contributed by atoms with Crippen molar-refractivity contribution >= 4 is 11.9 Å². The number of carbonyl (C=O) groups excluding carboxylic acids is 2. The van der Waals surface area contributed by atoms with Crippen molar-refractivity contribution in [2.75, 3.05) is 46.3 Å². The Morgan fingerprint density at radius 3 is 2.57 bits per heavy atom. The number of carbonyl (C=O) groups is 2. The van der Waals surface area contributed by atoms with Crippen LogP contribution in [0.1, 0.15) is 33.1 Å². The molecule has 3 amide bonds. The van der Waals surface area contributed by atoms with Gasteiger partial charge in [-0.1, -0.05) is 0 Å². The van der Waals surface area contributed by atoms with Gasteiger partial charge >= 0.3 is 6.03 Å². The molecule has 6 heteroatoms. The van der Waals surface area contributed by atoms with E-state index in [9.17, 15) is 9.59 Å². The normalized spacial score (nSPS) is 29.5. The lowest BCUT2D eigenvalue weighted by Gasteiger charge is -2.33. The molecule has 6 nitrogen and oxygen atoms in total. The summed E-state index contributed by atoms with van der Waals surface area (Å²) in [5.41, 5.74) is -0.106. The Morgan fingerprint density at radius 1 is 1.26 bits per heavy atom. The fraction of sp³-hybridized carbons (Fsp3) is 0.882. The maximum Gasteiger partial charge on any atom is 0.317 e. The number of hydrogen-bond acceptors (Lipinski definition) is 3. The molecular weight excluding hydrogens is 292 g/mol. The summed E-state index contributed by atoms with van der Waals surface area (Å²) in [6.45, 7) is 9.15. The van der Waals surface area contributed by atoms with Gasteiger partial charge in [0.05, 0.1) is 0 Å². The van der Waals surface area contributed by atoms with E-state index in [2.05, 4.69) is 10.2 Å². The smallest absolute Gasteiger partial charge is 0.317 e. The Balaban J connectivity index is 1.74. The molecule has 1 spiro atoms. The van der Waals surface area contributed by atoms with Crippen LogP contribution in [0.5, 0.6) is 0 Å². The Hall–Kier alpha value is -1.30. The summed E-state index contributed by atoms with van der Waals surface area (Å²) in [7, 11) is 1.88. The van der Waals surface area contributed by atoms with Crippen LogP contribution in [0, 0.1) is 11.3 Å².